The van der Waals surface area contributed by atoms with Gasteiger partial charge in [-0.05, 0) is 35.0 Å². The number of fused-ring (bicyclic) bond motifs is 1. The summed E-state index contributed by atoms with van der Waals surface area (Å²) in [6.45, 7) is 0. The number of imidazole rings is 1. The molecule has 0 saturated heterocycles. The number of nitrogens with zero attached hydrogens (tertiary/aromatic N) is 6. The zero-order valence-electron chi connectivity index (χ0n) is 9.63. The van der Waals surface area contributed by atoms with Crippen LogP contribution in [-0.2, 0) is 0 Å². The molecule has 1 aliphatic carbocycles. The molecule has 3 heterocycles. The van der Waals surface area contributed by atoms with Crippen LogP contribution in [0.3, 0.4) is 0 Å². The van der Waals surface area contributed by atoms with E-state index in [2.05, 4.69) is 20.5 Å². The van der Waals surface area contributed by atoms with Gasteiger partial charge in [0.05, 0.1) is 6.04 Å². The van der Waals surface area contributed by atoms with Gasteiger partial charge >= 0.3 is 0 Å². The molecule has 1 saturated carbocycles. The largest absolute Gasteiger partial charge is 0.296 e. The molecule has 0 radical (unpaired) electrons. The van der Waals surface area contributed by atoms with E-state index in [1.807, 2.05) is 16.3 Å². The van der Waals surface area contributed by atoms with Crippen molar-refractivity contribution < 1.29 is 4.79 Å². The quantitative estimate of drug-likeness (QED) is 0.681. The van der Waals surface area contributed by atoms with Gasteiger partial charge in [0, 0.05) is 11.6 Å². The summed E-state index contributed by atoms with van der Waals surface area (Å²) in [7, 11) is 0. The number of rotatable bonds is 4. The molecule has 1 aliphatic rings. The number of aldehydes is 1. The first kappa shape index (κ1) is 11.1. The van der Waals surface area contributed by atoms with Crippen LogP contribution in [-0.4, -0.2) is 35.9 Å². The molecule has 0 spiro atoms. The van der Waals surface area contributed by atoms with Gasteiger partial charge in [-0.3, -0.25) is 9.20 Å². The summed E-state index contributed by atoms with van der Waals surface area (Å²) >= 11 is 2.84. The first-order chi connectivity index (χ1) is 9.36. The van der Waals surface area contributed by atoms with Gasteiger partial charge in [-0.15, -0.1) is 16.4 Å². The second-order valence-electron chi connectivity index (χ2n) is 4.21. The Bertz CT molecular complexity index is 755. The number of thiazole rings is 1. The molecule has 4 rings (SSSR count). The molecule has 0 aromatic carbocycles. The standard InChI is InChI=1S/C10H8N6OS2/c17-5-7-8(11-9-15(7)3-4-18-9)19-10-12-13-14-16(10)6-1-2-6/h3-6H,1-2H2. The summed E-state index contributed by atoms with van der Waals surface area (Å²) < 4.78 is 3.60. The molecule has 0 unspecified atom stereocenters. The highest BCUT2D eigenvalue weighted by molar-refractivity contribution is 7.99. The Kier molecular flexibility index (Phi) is 2.42. The van der Waals surface area contributed by atoms with Crippen molar-refractivity contribution in [3.8, 4) is 0 Å². The van der Waals surface area contributed by atoms with Crippen LogP contribution in [0.15, 0.2) is 21.8 Å². The summed E-state index contributed by atoms with van der Waals surface area (Å²) in [4.78, 5) is 16.5. The van der Waals surface area contributed by atoms with Gasteiger partial charge in [-0.2, -0.15) is 0 Å². The molecule has 9 heteroatoms. The molecule has 0 bridgehead atoms. The summed E-state index contributed by atoms with van der Waals surface area (Å²) in [5, 5.41) is 14.9. The van der Waals surface area contributed by atoms with Crippen molar-refractivity contribution in [1.29, 1.82) is 0 Å². The summed E-state index contributed by atoms with van der Waals surface area (Å²) in [5.74, 6) is 0. The Morgan fingerprint density at radius 1 is 1.47 bits per heavy atom. The maximum Gasteiger partial charge on any atom is 0.215 e. The molecule has 3 aromatic heterocycles. The van der Waals surface area contributed by atoms with Gasteiger partial charge in [-0.25, -0.2) is 9.67 Å². The lowest BCUT2D eigenvalue weighted by Gasteiger charge is -1.99. The predicted molar refractivity (Wildman–Crippen MR) is 68.7 cm³/mol. The number of carbonyl (C=O) groups is 1. The molecule has 0 aliphatic heterocycles. The van der Waals surface area contributed by atoms with Crippen LogP contribution in [0.5, 0.6) is 0 Å². The van der Waals surface area contributed by atoms with Crippen molar-refractivity contribution in [3.05, 3.63) is 17.3 Å². The molecular weight excluding hydrogens is 284 g/mol. The Labute approximate surface area is 115 Å². The summed E-state index contributed by atoms with van der Waals surface area (Å²) in [5.41, 5.74) is 0.548. The van der Waals surface area contributed by atoms with Crippen LogP contribution < -0.4 is 0 Å². The minimum absolute atomic E-state index is 0.404. The fraction of sp³-hybridized carbons (Fsp3) is 0.300. The second kappa shape index (κ2) is 4.14. The van der Waals surface area contributed by atoms with Crippen molar-refractivity contribution in [2.24, 2.45) is 0 Å². The van der Waals surface area contributed by atoms with Gasteiger partial charge in [-0.1, -0.05) is 0 Å². The van der Waals surface area contributed by atoms with E-state index < -0.39 is 0 Å². The fourth-order valence-electron chi connectivity index (χ4n) is 1.85. The lowest BCUT2D eigenvalue weighted by atomic mass is 10.5. The van der Waals surface area contributed by atoms with Crippen molar-refractivity contribution in [2.75, 3.05) is 0 Å². The third-order valence-electron chi connectivity index (χ3n) is 2.92. The van der Waals surface area contributed by atoms with E-state index in [4.69, 9.17) is 0 Å². The third kappa shape index (κ3) is 1.77. The van der Waals surface area contributed by atoms with Crippen molar-refractivity contribution in [1.82, 2.24) is 29.6 Å². The minimum Gasteiger partial charge on any atom is -0.296 e. The Morgan fingerprint density at radius 3 is 3.16 bits per heavy atom. The Hall–Kier alpha value is -1.74. The molecule has 96 valence electrons. The van der Waals surface area contributed by atoms with Crippen molar-refractivity contribution in [3.63, 3.8) is 0 Å². The second-order valence-corrected chi connectivity index (χ2v) is 6.04. The van der Waals surface area contributed by atoms with Gasteiger partial charge < -0.3 is 0 Å². The van der Waals surface area contributed by atoms with E-state index in [9.17, 15) is 4.79 Å². The zero-order chi connectivity index (χ0) is 12.8. The SMILES string of the molecule is O=Cc1c(Sc2nnnn2C2CC2)nc2sccn12. The number of carbonyl (C=O) groups excluding carboxylic acids is 1. The average molecular weight is 292 g/mol. The van der Waals surface area contributed by atoms with Crippen LogP contribution in [0.25, 0.3) is 4.96 Å². The normalized spacial score (nSPS) is 15.2. The van der Waals surface area contributed by atoms with Gasteiger partial charge in [0.25, 0.3) is 0 Å². The van der Waals surface area contributed by atoms with Crippen LogP contribution in [0, 0.1) is 0 Å². The first-order valence-corrected chi connectivity index (χ1v) is 7.43. The molecule has 7 nitrogen and oxygen atoms in total. The molecule has 0 amide bonds. The van der Waals surface area contributed by atoms with Gasteiger partial charge in [0.15, 0.2) is 11.2 Å². The average Bonchev–Trinajstić information content (AvgIpc) is 2.85. The highest BCUT2D eigenvalue weighted by Crippen LogP contribution is 2.38. The smallest absolute Gasteiger partial charge is 0.215 e. The van der Waals surface area contributed by atoms with Gasteiger partial charge in [0.1, 0.15) is 10.7 Å². The Balaban J connectivity index is 1.75. The van der Waals surface area contributed by atoms with Crippen molar-refractivity contribution in [2.45, 2.75) is 29.1 Å². The lowest BCUT2D eigenvalue weighted by molar-refractivity contribution is 0.111. The molecular formula is C10H8N6OS2. The van der Waals surface area contributed by atoms with Crippen LogP contribution in [0.2, 0.25) is 0 Å². The van der Waals surface area contributed by atoms with Gasteiger partial charge in [0.2, 0.25) is 5.16 Å². The van der Waals surface area contributed by atoms with Crippen LogP contribution >= 0.6 is 23.1 Å². The van der Waals surface area contributed by atoms with Crippen molar-refractivity contribution >= 4 is 34.3 Å². The van der Waals surface area contributed by atoms with Crippen LogP contribution in [0.1, 0.15) is 29.4 Å². The van der Waals surface area contributed by atoms with E-state index in [1.165, 1.54) is 23.1 Å². The monoisotopic (exact) mass is 292 g/mol. The minimum atomic E-state index is 0.404. The third-order valence-corrected chi connectivity index (χ3v) is 4.62. The molecule has 3 aromatic rings. The van der Waals surface area contributed by atoms with Crippen LogP contribution in [0.4, 0.5) is 0 Å². The predicted octanol–water partition coefficient (Wildman–Crippen LogP) is 1.68. The van der Waals surface area contributed by atoms with E-state index in [0.29, 0.717) is 21.9 Å². The molecule has 0 atom stereocenters. The maximum absolute atomic E-state index is 11.2. The van der Waals surface area contributed by atoms with E-state index in [0.717, 1.165) is 24.1 Å². The maximum atomic E-state index is 11.2. The first-order valence-electron chi connectivity index (χ1n) is 5.73. The number of aromatic nitrogens is 6. The molecule has 1 fully saturated rings. The highest BCUT2D eigenvalue weighted by Gasteiger charge is 2.29. The number of hydrogen-bond acceptors (Lipinski definition) is 7. The molecule has 0 N–H and O–H groups in total. The lowest BCUT2D eigenvalue weighted by Crippen LogP contribution is -1.99. The molecule has 19 heavy (non-hydrogen) atoms. The Morgan fingerprint density at radius 2 is 2.37 bits per heavy atom. The number of tetrazole rings is 1. The summed E-state index contributed by atoms with van der Waals surface area (Å²) in [6, 6.07) is 0.404. The van der Waals surface area contributed by atoms with E-state index in [1.54, 1.807) is 4.40 Å². The highest BCUT2D eigenvalue weighted by atomic mass is 32.2. The topological polar surface area (TPSA) is 78.0 Å². The van der Waals surface area contributed by atoms with E-state index >= 15 is 0 Å². The zero-order valence-corrected chi connectivity index (χ0v) is 11.3. The number of hydrogen-bond donors (Lipinski definition) is 0. The summed E-state index contributed by atoms with van der Waals surface area (Å²) in [6.07, 6.45) is 4.87. The fourth-order valence-corrected chi connectivity index (χ4v) is 3.54. The van der Waals surface area contributed by atoms with E-state index in [-0.39, 0.29) is 0 Å².